The number of carbonyl (C=O) groups is 1. The number of hydrogen-bond acceptors (Lipinski definition) is 3. The highest BCUT2D eigenvalue weighted by atomic mass is 35.5. The SMILES string of the molecule is O=C(O)NCC(O)c1ncc(Cl)cc1Cl. The van der Waals surface area contributed by atoms with Crippen LogP contribution in [-0.2, 0) is 0 Å². The van der Waals surface area contributed by atoms with Crippen LogP contribution in [0.15, 0.2) is 12.3 Å². The van der Waals surface area contributed by atoms with Crippen molar-refractivity contribution in [2.75, 3.05) is 6.54 Å². The number of carboxylic acid groups (broad SMARTS) is 1. The summed E-state index contributed by atoms with van der Waals surface area (Å²) in [6, 6.07) is 1.43. The average Bonchev–Trinajstić information content (AvgIpc) is 2.14. The lowest BCUT2D eigenvalue weighted by atomic mass is 10.2. The minimum absolute atomic E-state index is 0.177. The van der Waals surface area contributed by atoms with E-state index in [4.69, 9.17) is 28.3 Å². The first-order valence-corrected chi connectivity index (χ1v) is 4.72. The van der Waals surface area contributed by atoms with Crippen molar-refractivity contribution >= 4 is 29.3 Å². The number of aliphatic hydroxyl groups is 1. The first-order valence-electron chi connectivity index (χ1n) is 3.96. The zero-order chi connectivity index (χ0) is 11.4. The van der Waals surface area contributed by atoms with Crippen LogP contribution in [0.2, 0.25) is 10.0 Å². The highest BCUT2D eigenvalue weighted by Gasteiger charge is 2.14. The predicted octanol–water partition coefficient (Wildman–Crippen LogP) is 1.69. The lowest BCUT2D eigenvalue weighted by Gasteiger charge is -2.11. The molecular weight excluding hydrogens is 243 g/mol. The molecule has 1 amide bonds. The van der Waals surface area contributed by atoms with Crippen molar-refractivity contribution in [3.8, 4) is 0 Å². The highest BCUT2D eigenvalue weighted by molar-refractivity contribution is 6.34. The molecule has 0 bridgehead atoms. The van der Waals surface area contributed by atoms with Crippen LogP contribution in [0.3, 0.4) is 0 Å². The Balaban J connectivity index is 2.73. The topological polar surface area (TPSA) is 82.5 Å². The third kappa shape index (κ3) is 3.54. The van der Waals surface area contributed by atoms with E-state index < -0.39 is 12.2 Å². The number of aliphatic hydroxyl groups excluding tert-OH is 1. The molecule has 0 aliphatic rings. The summed E-state index contributed by atoms with van der Waals surface area (Å²) in [6.45, 7) is -0.177. The Morgan fingerprint density at radius 3 is 2.80 bits per heavy atom. The molecule has 0 aromatic carbocycles. The summed E-state index contributed by atoms with van der Waals surface area (Å²) >= 11 is 11.4. The quantitative estimate of drug-likeness (QED) is 0.763. The molecule has 0 radical (unpaired) electrons. The molecular formula is C8H8Cl2N2O3. The zero-order valence-electron chi connectivity index (χ0n) is 7.44. The second-order valence-electron chi connectivity index (χ2n) is 2.72. The van der Waals surface area contributed by atoms with E-state index in [1.165, 1.54) is 12.3 Å². The van der Waals surface area contributed by atoms with Crippen LogP contribution >= 0.6 is 23.2 Å². The van der Waals surface area contributed by atoms with E-state index in [0.717, 1.165) is 0 Å². The highest BCUT2D eigenvalue weighted by Crippen LogP contribution is 2.23. The molecule has 3 N–H and O–H groups in total. The minimum atomic E-state index is -1.22. The molecule has 0 spiro atoms. The number of pyridine rings is 1. The Morgan fingerprint density at radius 1 is 1.60 bits per heavy atom. The van der Waals surface area contributed by atoms with E-state index in [-0.39, 0.29) is 17.3 Å². The Morgan fingerprint density at radius 2 is 2.27 bits per heavy atom. The van der Waals surface area contributed by atoms with Crippen LogP contribution in [0.5, 0.6) is 0 Å². The molecule has 0 fully saturated rings. The standard InChI is InChI=1S/C8H8Cl2N2O3/c9-4-1-5(10)7(11-2-4)6(13)3-12-8(14)15/h1-2,6,12-13H,3H2,(H,14,15). The summed E-state index contributed by atoms with van der Waals surface area (Å²) in [4.78, 5) is 14.0. The van der Waals surface area contributed by atoms with Crippen molar-refractivity contribution in [1.29, 1.82) is 0 Å². The van der Waals surface area contributed by atoms with Gasteiger partial charge < -0.3 is 15.5 Å². The van der Waals surface area contributed by atoms with Crippen molar-refractivity contribution in [2.24, 2.45) is 0 Å². The molecule has 15 heavy (non-hydrogen) atoms. The number of hydrogen-bond donors (Lipinski definition) is 3. The van der Waals surface area contributed by atoms with Gasteiger partial charge in [-0.05, 0) is 6.07 Å². The van der Waals surface area contributed by atoms with E-state index in [1.807, 2.05) is 5.32 Å². The maximum absolute atomic E-state index is 10.2. The van der Waals surface area contributed by atoms with Gasteiger partial charge in [-0.3, -0.25) is 4.98 Å². The van der Waals surface area contributed by atoms with Gasteiger partial charge in [-0.1, -0.05) is 23.2 Å². The van der Waals surface area contributed by atoms with Gasteiger partial charge in [0, 0.05) is 6.20 Å². The fourth-order valence-corrected chi connectivity index (χ4v) is 1.46. The zero-order valence-corrected chi connectivity index (χ0v) is 8.96. The first kappa shape index (κ1) is 12.0. The average molecular weight is 251 g/mol. The Kier molecular flexibility index (Phi) is 4.14. The van der Waals surface area contributed by atoms with Gasteiger partial charge in [0.1, 0.15) is 6.10 Å². The van der Waals surface area contributed by atoms with Crippen molar-refractivity contribution in [2.45, 2.75) is 6.10 Å². The molecule has 0 aliphatic heterocycles. The van der Waals surface area contributed by atoms with E-state index in [1.54, 1.807) is 0 Å². The van der Waals surface area contributed by atoms with Gasteiger partial charge in [-0.2, -0.15) is 0 Å². The molecule has 1 rings (SSSR count). The summed E-state index contributed by atoms with van der Waals surface area (Å²) in [5.74, 6) is 0. The Labute approximate surface area is 95.7 Å². The molecule has 7 heteroatoms. The van der Waals surface area contributed by atoms with E-state index in [2.05, 4.69) is 4.98 Å². The maximum Gasteiger partial charge on any atom is 0.404 e. The minimum Gasteiger partial charge on any atom is -0.465 e. The third-order valence-corrected chi connectivity index (χ3v) is 2.11. The third-order valence-electron chi connectivity index (χ3n) is 1.60. The Bertz CT molecular complexity index is 373. The van der Waals surface area contributed by atoms with Crippen molar-refractivity contribution in [3.63, 3.8) is 0 Å². The van der Waals surface area contributed by atoms with Gasteiger partial charge in [0.15, 0.2) is 0 Å². The van der Waals surface area contributed by atoms with Crippen LogP contribution in [0, 0.1) is 0 Å². The van der Waals surface area contributed by atoms with Gasteiger partial charge in [-0.25, -0.2) is 4.79 Å². The lowest BCUT2D eigenvalue weighted by molar-refractivity contribution is 0.156. The molecule has 1 aromatic rings. The number of halogens is 2. The molecule has 0 saturated heterocycles. The summed E-state index contributed by atoms with van der Waals surface area (Å²) in [7, 11) is 0. The Hall–Kier alpha value is -1.04. The normalized spacial score (nSPS) is 12.2. The van der Waals surface area contributed by atoms with Crippen LogP contribution < -0.4 is 5.32 Å². The van der Waals surface area contributed by atoms with Gasteiger partial charge in [0.25, 0.3) is 0 Å². The molecule has 0 aliphatic carbocycles. The second kappa shape index (κ2) is 5.16. The van der Waals surface area contributed by atoms with Crippen molar-refractivity contribution < 1.29 is 15.0 Å². The number of amides is 1. The van der Waals surface area contributed by atoms with E-state index in [9.17, 15) is 9.90 Å². The van der Waals surface area contributed by atoms with Crippen LogP contribution in [-0.4, -0.2) is 27.8 Å². The van der Waals surface area contributed by atoms with Gasteiger partial charge in [0.05, 0.1) is 22.3 Å². The molecule has 82 valence electrons. The smallest absolute Gasteiger partial charge is 0.404 e. The van der Waals surface area contributed by atoms with E-state index in [0.29, 0.717) is 5.02 Å². The molecule has 1 heterocycles. The van der Waals surface area contributed by atoms with Crippen LogP contribution in [0.25, 0.3) is 0 Å². The maximum atomic E-state index is 10.2. The fraction of sp³-hybridized carbons (Fsp3) is 0.250. The van der Waals surface area contributed by atoms with Crippen molar-refractivity contribution in [3.05, 3.63) is 28.0 Å². The fourth-order valence-electron chi connectivity index (χ4n) is 0.951. The van der Waals surface area contributed by atoms with Gasteiger partial charge in [-0.15, -0.1) is 0 Å². The number of nitrogens with zero attached hydrogens (tertiary/aromatic N) is 1. The van der Waals surface area contributed by atoms with E-state index >= 15 is 0 Å². The summed E-state index contributed by atoms with van der Waals surface area (Å²) in [6.07, 6.45) is -0.989. The molecule has 1 unspecified atom stereocenters. The predicted molar refractivity (Wildman–Crippen MR) is 55.2 cm³/mol. The van der Waals surface area contributed by atoms with Crippen LogP contribution in [0.1, 0.15) is 11.8 Å². The summed E-state index contributed by atoms with van der Waals surface area (Å²) < 4.78 is 0. The molecule has 0 saturated carbocycles. The van der Waals surface area contributed by atoms with Crippen molar-refractivity contribution in [1.82, 2.24) is 10.3 Å². The summed E-state index contributed by atoms with van der Waals surface area (Å²) in [5.41, 5.74) is 0.190. The number of nitrogens with one attached hydrogen (secondary N) is 1. The molecule has 1 atom stereocenters. The second-order valence-corrected chi connectivity index (χ2v) is 3.57. The summed E-state index contributed by atoms with van der Waals surface area (Å²) in [5, 5.41) is 20.4. The number of aromatic nitrogens is 1. The van der Waals surface area contributed by atoms with Gasteiger partial charge >= 0.3 is 6.09 Å². The first-order chi connectivity index (χ1) is 7.00. The number of rotatable bonds is 3. The largest absolute Gasteiger partial charge is 0.465 e. The molecule has 1 aromatic heterocycles. The monoisotopic (exact) mass is 250 g/mol. The van der Waals surface area contributed by atoms with Gasteiger partial charge in [0.2, 0.25) is 0 Å². The molecule has 5 nitrogen and oxygen atoms in total. The lowest BCUT2D eigenvalue weighted by Crippen LogP contribution is -2.27. The van der Waals surface area contributed by atoms with Crippen LogP contribution in [0.4, 0.5) is 4.79 Å².